The van der Waals surface area contributed by atoms with Gasteiger partial charge in [-0.2, -0.15) is 0 Å². The molecule has 4 heteroatoms. The second-order valence-corrected chi connectivity index (χ2v) is 2.79. The summed E-state index contributed by atoms with van der Waals surface area (Å²) in [5.41, 5.74) is 0. The smallest absolute Gasteiger partial charge is 0.192 e. The fourth-order valence-electron chi connectivity index (χ4n) is 0.591. The Morgan fingerprint density at radius 2 is 2.20 bits per heavy atom. The SMILES string of the molecule is CCOc1cscc1OI. The average Bonchev–Trinajstić information content (AvgIpc) is 2.36. The Bertz CT molecular complexity index is 199. The molecule has 0 unspecified atom stereocenters. The zero-order valence-electron chi connectivity index (χ0n) is 5.46. The van der Waals surface area contributed by atoms with Crippen molar-refractivity contribution in [1.82, 2.24) is 0 Å². The molecule has 0 atom stereocenters. The van der Waals surface area contributed by atoms with Gasteiger partial charge in [0.15, 0.2) is 34.5 Å². The van der Waals surface area contributed by atoms with E-state index < -0.39 is 0 Å². The summed E-state index contributed by atoms with van der Waals surface area (Å²) in [6.45, 7) is 2.64. The van der Waals surface area contributed by atoms with E-state index >= 15 is 0 Å². The lowest BCUT2D eigenvalue weighted by atomic mass is 10.5. The van der Waals surface area contributed by atoms with Crippen LogP contribution in [-0.4, -0.2) is 6.61 Å². The van der Waals surface area contributed by atoms with Crippen molar-refractivity contribution < 1.29 is 7.80 Å². The van der Waals surface area contributed by atoms with Gasteiger partial charge in [0.05, 0.1) is 6.61 Å². The van der Waals surface area contributed by atoms with Gasteiger partial charge in [0.1, 0.15) is 0 Å². The molecular formula is C6H7IO2S. The molecule has 1 rings (SSSR count). The number of hydrogen-bond donors (Lipinski definition) is 0. The van der Waals surface area contributed by atoms with Crippen LogP contribution in [0.4, 0.5) is 0 Å². The fourth-order valence-corrected chi connectivity index (χ4v) is 1.77. The van der Waals surface area contributed by atoms with E-state index in [0.717, 1.165) is 11.5 Å². The van der Waals surface area contributed by atoms with Crippen molar-refractivity contribution in [3.8, 4) is 11.5 Å². The third kappa shape index (κ3) is 1.76. The predicted octanol–water partition coefficient (Wildman–Crippen LogP) is 2.88. The van der Waals surface area contributed by atoms with E-state index in [1.807, 2.05) is 40.7 Å². The summed E-state index contributed by atoms with van der Waals surface area (Å²) in [4.78, 5) is 0. The van der Waals surface area contributed by atoms with Crippen LogP contribution >= 0.6 is 34.3 Å². The highest BCUT2D eigenvalue weighted by atomic mass is 127. The van der Waals surface area contributed by atoms with Crippen LogP contribution in [0.25, 0.3) is 0 Å². The van der Waals surface area contributed by atoms with Crippen LogP contribution in [0.15, 0.2) is 10.8 Å². The standard InChI is InChI=1S/C6H7IO2S/c1-2-8-5-3-10-4-6(5)9-7/h3-4H,2H2,1H3. The molecule has 0 bridgehead atoms. The molecule has 1 aromatic rings. The molecule has 0 amide bonds. The van der Waals surface area contributed by atoms with Crippen LogP contribution in [0.2, 0.25) is 0 Å². The summed E-state index contributed by atoms with van der Waals surface area (Å²) in [5.74, 6) is 1.65. The third-order valence-corrected chi connectivity index (χ3v) is 2.15. The minimum absolute atomic E-state index is 0.684. The van der Waals surface area contributed by atoms with E-state index in [4.69, 9.17) is 7.80 Å². The molecule has 0 aliphatic heterocycles. The van der Waals surface area contributed by atoms with E-state index in [2.05, 4.69) is 0 Å². The Morgan fingerprint density at radius 1 is 1.50 bits per heavy atom. The lowest BCUT2D eigenvalue weighted by Gasteiger charge is -2.00. The molecule has 1 heterocycles. The number of ether oxygens (including phenoxy) is 1. The van der Waals surface area contributed by atoms with Crippen LogP contribution in [0, 0.1) is 0 Å². The number of thiophene rings is 1. The molecule has 10 heavy (non-hydrogen) atoms. The first-order valence-electron chi connectivity index (χ1n) is 2.86. The topological polar surface area (TPSA) is 18.5 Å². The van der Waals surface area contributed by atoms with E-state index in [-0.39, 0.29) is 0 Å². The van der Waals surface area contributed by atoms with Gasteiger partial charge < -0.3 is 7.80 Å². The summed E-state index contributed by atoms with van der Waals surface area (Å²) in [6.07, 6.45) is 0. The lowest BCUT2D eigenvalue weighted by molar-refractivity contribution is 0.334. The maximum atomic E-state index is 5.25. The van der Waals surface area contributed by atoms with Crippen molar-refractivity contribution >= 4 is 34.3 Å². The second kappa shape index (κ2) is 4.02. The molecule has 0 spiro atoms. The Morgan fingerprint density at radius 3 is 2.80 bits per heavy atom. The lowest BCUT2D eigenvalue weighted by Crippen LogP contribution is -1.89. The van der Waals surface area contributed by atoms with E-state index in [1.165, 1.54) is 0 Å². The average molecular weight is 270 g/mol. The van der Waals surface area contributed by atoms with Gasteiger partial charge in [-0.05, 0) is 6.92 Å². The first kappa shape index (κ1) is 8.13. The Kier molecular flexibility index (Phi) is 3.27. The van der Waals surface area contributed by atoms with Gasteiger partial charge in [-0.15, -0.1) is 11.3 Å². The zero-order valence-corrected chi connectivity index (χ0v) is 8.44. The summed E-state index contributed by atoms with van der Waals surface area (Å²) in [7, 11) is 0. The normalized spacial score (nSPS) is 9.40. The van der Waals surface area contributed by atoms with Gasteiger partial charge in [0.25, 0.3) is 0 Å². The van der Waals surface area contributed by atoms with Gasteiger partial charge in [-0.25, -0.2) is 0 Å². The van der Waals surface area contributed by atoms with Crippen LogP contribution in [0.3, 0.4) is 0 Å². The number of rotatable bonds is 3. The molecule has 2 nitrogen and oxygen atoms in total. The fraction of sp³-hybridized carbons (Fsp3) is 0.333. The number of halogens is 1. The predicted molar refractivity (Wildman–Crippen MR) is 50.1 cm³/mol. The minimum atomic E-state index is 0.684. The van der Waals surface area contributed by atoms with Gasteiger partial charge >= 0.3 is 0 Å². The molecule has 0 aromatic carbocycles. The Balaban J connectivity index is 2.70. The van der Waals surface area contributed by atoms with Crippen LogP contribution in [-0.2, 0) is 0 Å². The molecule has 0 radical (unpaired) electrons. The van der Waals surface area contributed by atoms with Crippen LogP contribution < -0.4 is 7.80 Å². The highest BCUT2D eigenvalue weighted by Crippen LogP contribution is 2.32. The van der Waals surface area contributed by atoms with Crippen LogP contribution in [0.1, 0.15) is 6.92 Å². The van der Waals surface area contributed by atoms with E-state index in [0.29, 0.717) is 6.61 Å². The largest absolute Gasteiger partial charge is 0.489 e. The minimum Gasteiger partial charge on any atom is -0.489 e. The van der Waals surface area contributed by atoms with E-state index in [1.54, 1.807) is 11.3 Å². The third-order valence-electron chi connectivity index (χ3n) is 0.976. The Hall–Kier alpha value is 0.0300. The van der Waals surface area contributed by atoms with E-state index in [9.17, 15) is 0 Å². The summed E-state index contributed by atoms with van der Waals surface area (Å²) in [6, 6.07) is 0. The van der Waals surface area contributed by atoms with Crippen molar-refractivity contribution in [2.24, 2.45) is 0 Å². The molecule has 1 aromatic heterocycles. The monoisotopic (exact) mass is 270 g/mol. The van der Waals surface area contributed by atoms with Gasteiger partial charge in [-0.1, -0.05) is 0 Å². The molecule has 56 valence electrons. The summed E-state index contributed by atoms with van der Waals surface area (Å²) < 4.78 is 10.2. The summed E-state index contributed by atoms with van der Waals surface area (Å²) >= 11 is 3.42. The highest BCUT2D eigenvalue weighted by molar-refractivity contribution is 14.1. The first-order chi connectivity index (χ1) is 4.88. The molecule has 0 fully saturated rings. The molecule has 0 saturated carbocycles. The Labute approximate surface area is 77.8 Å². The van der Waals surface area contributed by atoms with Gasteiger partial charge in [-0.3, -0.25) is 0 Å². The maximum absolute atomic E-state index is 5.25. The first-order valence-corrected chi connectivity index (χ1v) is 4.68. The van der Waals surface area contributed by atoms with Crippen molar-refractivity contribution in [2.75, 3.05) is 6.61 Å². The van der Waals surface area contributed by atoms with Crippen molar-refractivity contribution in [1.29, 1.82) is 0 Å². The quantitative estimate of drug-likeness (QED) is 0.786. The second-order valence-electron chi connectivity index (χ2n) is 1.61. The molecule has 0 aliphatic rings. The van der Waals surface area contributed by atoms with Gasteiger partial charge in [0, 0.05) is 10.8 Å². The van der Waals surface area contributed by atoms with Crippen molar-refractivity contribution in [2.45, 2.75) is 6.92 Å². The highest BCUT2D eigenvalue weighted by Gasteiger charge is 2.03. The van der Waals surface area contributed by atoms with Crippen molar-refractivity contribution in [3.05, 3.63) is 10.8 Å². The number of hydrogen-bond acceptors (Lipinski definition) is 3. The maximum Gasteiger partial charge on any atom is 0.192 e. The molecule has 0 saturated heterocycles. The summed E-state index contributed by atoms with van der Waals surface area (Å²) in [5, 5.41) is 3.84. The molecule has 0 N–H and O–H groups in total. The van der Waals surface area contributed by atoms with Gasteiger partial charge in [0.2, 0.25) is 0 Å². The molecular weight excluding hydrogens is 263 g/mol. The van der Waals surface area contributed by atoms with Crippen LogP contribution in [0.5, 0.6) is 11.5 Å². The van der Waals surface area contributed by atoms with Crippen molar-refractivity contribution in [3.63, 3.8) is 0 Å². The molecule has 0 aliphatic carbocycles. The zero-order chi connectivity index (χ0) is 7.40.